The van der Waals surface area contributed by atoms with E-state index in [9.17, 15) is 4.39 Å². The Kier molecular flexibility index (Phi) is 2.80. The molecule has 0 aromatic carbocycles. The average molecular weight is 269 g/mol. The van der Waals surface area contributed by atoms with Crippen LogP contribution in [0.25, 0.3) is 0 Å². The van der Waals surface area contributed by atoms with Crippen LogP contribution in [0.5, 0.6) is 0 Å². The number of halogens is 3. The smallest absolute Gasteiger partial charge is 0.145 e. The Morgan fingerprint density at radius 3 is 2.80 bits per heavy atom. The summed E-state index contributed by atoms with van der Waals surface area (Å²) < 4.78 is 13.3. The van der Waals surface area contributed by atoms with Crippen molar-refractivity contribution in [3.05, 3.63) is 28.2 Å². The predicted octanol–water partition coefficient (Wildman–Crippen LogP) is 2.88. The van der Waals surface area contributed by atoms with Crippen molar-refractivity contribution < 1.29 is 4.39 Å². The zero-order valence-electron chi connectivity index (χ0n) is 4.94. The number of hydrogen-bond donors (Lipinski definition) is 0. The summed E-state index contributed by atoms with van der Waals surface area (Å²) in [4.78, 5) is 3.71. The lowest BCUT2D eigenvalue weighted by molar-refractivity contribution is 0.610. The number of nitrogens with zero attached hydrogens (tertiary/aromatic N) is 1. The van der Waals surface area contributed by atoms with Crippen LogP contribution in [0.1, 0.15) is 5.56 Å². The highest BCUT2D eigenvalue weighted by Crippen LogP contribution is 2.14. The maximum Gasteiger partial charge on any atom is 0.145 e. The molecule has 0 N–H and O–H groups in total. The van der Waals surface area contributed by atoms with Gasteiger partial charge in [-0.15, -0.1) is 0 Å². The summed E-state index contributed by atoms with van der Waals surface area (Å²) in [6, 6.07) is 1.64. The molecule has 10 heavy (non-hydrogen) atoms. The molecule has 0 saturated heterocycles. The topological polar surface area (TPSA) is 12.9 Å². The van der Waals surface area contributed by atoms with E-state index < -0.39 is 0 Å². The Morgan fingerprint density at radius 1 is 1.60 bits per heavy atom. The molecule has 0 atom stereocenters. The lowest BCUT2D eigenvalue weighted by Crippen LogP contribution is -1.87. The number of aromatic nitrogens is 1. The zero-order valence-corrected chi connectivity index (χ0v) is 8.11. The first-order valence-electron chi connectivity index (χ1n) is 2.60. The Balaban J connectivity index is 3.09. The number of alkyl halides is 1. The molecule has 0 unspecified atom stereocenters. The average Bonchev–Trinajstić information content (AvgIpc) is 1.94. The molecule has 0 saturated carbocycles. The third-order valence-electron chi connectivity index (χ3n) is 1.05. The first-order valence-corrected chi connectivity index (χ1v) is 4.51. The monoisotopic (exact) mass is 267 g/mol. The summed E-state index contributed by atoms with van der Waals surface area (Å²) >= 11 is 6.29. The molecule has 0 aliphatic carbocycles. The van der Waals surface area contributed by atoms with Gasteiger partial charge < -0.3 is 0 Å². The third-order valence-corrected chi connectivity index (χ3v) is 2.08. The van der Waals surface area contributed by atoms with Gasteiger partial charge in [-0.25, -0.2) is 9.37 Å². The fourth-order valence-corrected chi connectivity index (χ4v) is 1.36. The van der Waals surface area contributed by atoms with Crippen molar-refractivity contribution in [2.45, 2.75) is 5.33 Å². The molecule has 0 aliphatic heterocycles. The normalized spacial score (nSPS) is 9.90. The van der Waals surface area contributed by atoms with Gasteiger partial charge in [-0.05, 0) is 22.0 Å². The lowest BCUT2D eigenvalue weighted by Gasteiger charge is -1.96. The predicted molar refractivity (Wildman–Crippen MR) is 44.5 cm³/mol. The fraction of sp³-hybridized carbons (Fsp3) is 0.167. The van der Waals surface area contributed by atoms with Gasteiger partial charge in [0.2, 0.25) is 0 Å². The summed E-state index contributed by atoms with van der Waals surface area (Å²) in [5, 5.41) is 0.514. The van der Waals surface area contributed by atoms with E-state index in [2.05, 4.69) is 36.8 Å². The minimum absolute atomic E-state index is 0.278. The van der Waals surface area contributed by atoms with Crippen LogP contribution in [-0.4, -0.2) is 4.98 Å². The molecular weight excluding hydrogens is 265 g/mol. The number of hydrogen-bond acceptors (Lipinski definition) is 1. The van der Waals surface area contributed by atoms with E-state index in [0.29, 0.717) is 15.5 Å². The van der Waals surface area contributed by atoms with Gasteiger partial charge in [0.05, 0.1) is 6.20 Å². The van der Waals surface area contributed by atoms with Gasteiger partial charge in [0.15, 0.2) is 0 Å². The minimum atomic E-state index is -0.278. The Hall–Kier alpha value is 0.0400. The minimum Gasteiger partial charge on any atom is -0.246 e. The molecule has 1 nitrogen and oxygen atoms in total. The second-order valence-electron chi connectivity index (χ2n) is 1.73. The van der Waals surface area contributed by atoms with Crippen LogP contribution < -0.4 is 0 Å². The quantitative estimate of drug-likeness (QED) is 0.564. The molecule has 0 spiro atoms. The molecule has 0 fully saturated rings. The van der Waals surface area contributed by atoms with Gasteiger partial charge in [0, 0.05) is 10.9 Å². The van der Waals surface area contributed by atoms with Crippen LogP contribution in [0.15, 0.2) is 16.9 Å². The standard InChI is InChI=1S/C6H4Br2FN/c7-2-4-1-6(8)10-3-5(4)9/h1,3H,2H2. The molecule has 1 heterocycles. The van der Waals surface area contributed by atoms with E-state index in [1.165, 1.54) is 6.20 Å². The van der Waals surface area contributed by atoms with Crippen LogP contribution >= 0.6 is 31.9 Å². The highest BCUT2D eigenvalue weighted by molar-refractivity contribution is 9.10. The van der Waals surface area contributed by atoms with Gasteiger partial charge in [0.25, 0.3) is 0 Å². The molecule has 4 heteroatoms. The summed E-state index contributed by atoms with van der Waals surface area (Å²) in [5.74, 6) is -0.278. The van der Waals surface area contributed by atoms with E-state index in [-0.39, 0.29) is 5.82 Å². The van der Waals surface area contributed by atoms with Crippen molar-refractivity contribution in [3.63, 3.8) is 0 Å². The van der Waals surface area contributed by atoms with Gasteiger partial charge in [0.1, 0.15) is 10.4 Å². The highest BCUT2D eigenvalue weighted by atomic mass is 79.9. The summed E-state index contributed by atoms with van der Waals surface area (Å²) in [6.45, 7) is 0. The molecular formula is C6H4Br2FN. The van der Waals surface area contributed by atoms with E-state index in [1.807, 2.05) is 0 Å². The van der Waals surface area contributed by atoms with Crippen LogP contribution in [0.2, 0.25) is 0 Å². The zero-order chi connectivity index (χ0) is 7.56. The number of pyridine rings is 1. The molecule has 0 aliphatic rings. The summed E-state index contributed by atoms with van der Waals surface area (Å²) in [6.07, 6.45) is 1.20. The molecule has 1 aromatic heterocycles. The van der Waals surface area contributed by atoms with Crippen LogP contribution in [0.3, 0.4) is 0 Å². The van der Waals surface area contributed by atoms with Gasteiger partial charge in [-0.1, -0.05) is 15.9 Å². The maximum atomic E-state index is 12.7. The highest BCUT2D eigenvalue weighted by Gasteiger charge is 2.00. The van der Waals surface area contributed by atoms with Crippen molar-refractivity contribution in [3.8, 4) is 0 Å². The van der Waals surface area contributed by atoms with E-state index in [4.69, 9.17) is 0 Å². The van der Waals surface area contributed by atoms with Crippen molar-refractivity contribution in [2.75, 3.05) is 0 Å². The third kappa shape index (κ3) is 1.76. The summed E-state index contributed by atoms with van der Waals surface area (Å²) in [7, 11) is 0. The molecule has 0 radical (unpaired) electrons. The molecule has 0 bridgehead atoms. The van der Waals surface area contributed by atoms with Crippen LogP contribution in [0.4, 0.5) is 4.39 Å². The largest absolute Gasteiger partial charge is 0.246 e. The Bertz CT molecular complexity index is 239. The first kappa shape index (κ1) is 8.14. The first-order chi connectivity index (χ1) is 4.74. The van der Waals surface area contributed by atoms with Crippen molar-refractivity contribution in [1.29, 1.82) is 0 Å². The summed E-state index contributed by atoms with van der Waals surface area (Å²) in [5.41, 5.74) is 0.613. The van der Waals surface area contributed by atoms with E-state index in [1.54, 1.807) is 6.07 Å². The SMILES string of the molecule is Fc1cnc(Br)cc1CBr. The van der Waals surface area contributed by atoms with Crippen molar-refractivity contribution >= 4 is 31.9 Å². The Morgan fingerprint density at radius 2 is 2.30 bits per heavy atom. The lowest BCUT2D eigenvalue weighted by atomic mass is 10.3. The van der Waals surface area contributed by atoms with Crippen LogP contribution in [-0.2, 0) is 5.33 Å². The number of rotatable bonds is 1. The fourth-order valence-electron chi connectivity index (χ4n) is 0.554. The van der Waals surface area contributed by atoms with Crippen LogP contribution in [0, 0.1) is 5.82 Å². The van der Waals surface area contributed by atoms with E-state index >= 15 is 0 Å². The maximum absolute atomic E-state index is 12.7. The van der Waals surface area contributed by atoms with Crippen molar-refractivity contribution in [2.24, 2.45) is 0 Å². The van der Waals surface area contributed by atoms with Gasteiger partial charge in [-0.3, -0.25) is 0 Å². The second kappa shape index (κ2) is 3.44. The molecule has 0 amide bonds. The van der Waals surface area contributed by atoms with Crippen molar-refractivity contribution in [1.82, 2.24) is 4.98 Å². The molecule has 1 aromatic rings. The molecule has 1 rings (SSSR count). The molecule has 54 valence electrons. The second-order valence-corrected chi connectivity index (χ2v) is 3.11. The van der Waals surface area contributed by atoms with Gasteiger partial charge in [-0.2, -0.15) is 0 Å². The van der Waals surface area contributed by atoms with E-state index in [0.717, 1.165) is 0 Å². The van der Waals surface area contributed by atoms with Gasteiger partial charge >= 0.3 is 0 Å². The Labute approximate surface area is 74.9 Å².